The molecule has 0 aliphatic heterocycles. The monoisotopic (exact) mass is 183 g/mol. The van der Waals surface area contributed by atoms with E-state index in [0.29, 0.717) is 6.61 Å². The minimum Gasteiger partial charge on any atom is -0.374 e. The Kier molecular flexibility index (Phi) is 4.49. The second-order valence-electron chi connectivity index (χ2n) is 2.90. The first-order valence-electron chi connectivity index (χ1n) is 4.58. The van der Waals surface area contributed by atoms with Crippen LogP contribution in [0.4, 0.5) is 0 Å². The number of rotatable bonds is 6. The molecule has 0 saturated heterocycles. The summed E-state index contributed by atoms with van der Waals surface area (Å²) in [6, 6.07) is 0. The number of hydrogen-bond acceptors (Lipinski definition) is 3. The van der Waals surface area contributed by atoms with Gasteiger partial charge in [-0.1, -0.05) is 6.92 Å². The quantitative estimate of drug-likeness (QED) is 0.654. The number of nitrogens with one attached hydrogen (secondary N) is 1. The Labute approximate surface area is 78.9 Å². The van der Waals surface area contributed by atoms with Crippen LogP contribution in [0.2, 0.25) is 0 Å². The fourth-order valence-electron chi connectivity index (χ4n) is 1.02. The van der Waals surface area contributed by atoms with E-state index in [1.54, 1.807) is 6.33 Å². The predicted octanol–water partition coefficient (Wildman–Crippen LogP) is 0.546. The number of imidazole rings is 1. The smallest absolute Gasteiger partial charge is 0.0946 e. The predicted molar refractivity (Wildman–Crippen MR) is 51.4 cm³/mol. The van der Waals surface area contributed by atoms with Gasteiger partial charge >= 0.3 is 0 Å². The lowest BCUT2D eigenvalue weighted by Gasteiger charge is -2.04. The highest BCUT2D eigenvalue weighted by molar-refractivity contribution is 4.94. The molecule has 0 amide bonds. The van der Waals surface area contributed by atoms with Crippen molar-refractivity contribution in [2.75, 3.05) is 19.7 Å². The molecule has 0 aromatic carbocycles. The Bertz CT molecular complexity index is 235. The fraction of sp³-hybridized carbons (Fsp3) is 0.667. The third-order valence-electron chi connectivity index (χ3n) is 1.84. The zero-order valence-electron chi connectivity index (χ0n) is 8.29. The Morgan fingerprint density at radius 2 is 2.46 bits per heavy atom. The zero-order valence-corrected chi connectivity index (χ0v) is 8.29. The number of aryl methyl sites for hydroxylation is 1. The summed E-state index contributed by atoms with van der Waals surface area (Å²) in [5.41, 5.74) is 1.11. The molecule has 0 unspecified atom stereocenters. The number of ether oxygens (including phenoxy) is 1. The topological polar surface area (TPSA) is 39.1 Å². The second kappa shape index (κ2) is 5.72. The standard InChI is InChI=1S/C9H17N3O/c1-3-10-4-5-13-7-9-6-11-8-12(9)2/h6,8,10H,3-5,7H2,1-2H3. The van der Waals surface area contributed by atoms with E-state index in [0.717, 1.165) is 25.4 Å². The van der Waals surface area contributed by atoms with Crippen LogP contribution in [0.25, 0.3) is 0 Å². The molecule has 1 N–H and O–H groups in total. The molecular formula is C9H17N3O. The summed E-state index contributed by atoms with van der Waals surface area (Å²) < 4.78 is 7.40. The maximum absolute atomic E-state index is 5.44. The number of likely N-dealkylation sites (N-methyl/N-ethyl adjacent to an activating group) is 1. The van der Waals surface area contributed by atoms with Crippen LogP contribution in [-0.2, 0) is 18.4 Å². The lowest BCUT2D eigenvalue weighted by atomic mass is 10.5. The summed E-state index contributed by atoms with van der Waals surface area (Å²) in [5.74, 6) is 0. The van der Waals surface area contributed by atoms with Crippen LogP contribution < -0.4 is 5.32 Å². The molecule has 0 saturated carbocycles. The maximum atomic E-state index is 5.44. The molecule has 1 rings (SSSR count). The van der Waals surface area contributed by atoms with Gasteiger partial charge in [-0.25, -0.2) is 4.98 Å². The first-order chi connectivity index (χ1) is 6.34. The van der Waals surface area contributed by atoms with Gasteiger partial charge in [-0.2, -0.15) is 0 Å². The Hall–Kier alpha value is -0.870. The summed E-state index contributed by atoms with van der Waals surface area (Å²) in [6.45, 7) is 5.38. The van der Waals surface area contributed by atoms with Crippen molar-refractivity contribution in [2.45, 2.75) is 13.5 Å². The van der Waals surface area contributed by atoms with Crippen molar-refractivity contribution in [2.24, 2.45) is 7.05 Å². The van der Waals surface area contributed by atoms with Gasteiger partial charge in [-0.15, -0.1) is 0 Å². The Balaban J connectivity index is 2.10. The average molecular weight is 183 g/mol. The van der Waals surface area contributed by atoms with Crippen molar-refractivity contribution in [3.05, 3.63) is 18.2 Å². The molecule has 0 aliphatic rings. The average Bonchev–Trinajstić information content (AvgIpc) is 2.52. The molecule has 74 valence electrons. The van der Waals surface area contributed by atoms with Crippen molar-refractivity contribution in [3.63, 3.8) is 0 Å². The number of nitrogens with zero attached hydrogens (tertiary/aromatic N) is 2. The summed E-state index contributed by atoms with van der Waals surface area (Å²) in [7, 11) is 1.97. The van der Waals surface area contributed by atoms with Crippen LogP contribution in [0, 0.1) is 0 Å². The molecule has 1 aromatic rings. The highest BCUT2D eigenvalue weighted by Crippen LogP contribution is 1.97. The third kappa shape index (κ3) is 3.57. The molecule has 0 spiro atoms. The van der Waals surface area contributed by atoms with Crippen LogP contribution in [0.15, 0.2) is 12.5 Å². The van der Waals surface area contributed by atoms with E-state index in [4.69, 9.17) is 4.74 Å². The molecule has 0 atom stereocenters. The lowest BCUT2D eigenvalue weighted by Crippen LogP contribution is -2.19. The fourth-order valence-corrected chi connectivity index (χ4v) is 1.02. The molecule has 1 aromatic heterocycles. The highest BCUT2D eigenvalue weighted by Gasteiger charge is 1.96. The van der Waals surface area contributed by atoms with Crippen LogP contribution in [0.1, 0.15) is 12.6 Å². The van der Waals surface area contributed by atoms with Gasteiger partial charge in [-0.05, 0) is 6.54 Å². The summed E-state index contributed by atoms with van der Waals surface area (Å²) in [4.78, 5) is 4.00. The van der Waals surface area contributed by atoms with Crippen LogP contribution in [-0.4, -0.2) is 29.2 Å². The molecule has 1 heterocycles. The molecule has 4 nitrogen and oxygen atoms in total. The van der Waals surface area contributed by atoms with Gasteiger partial charge in [0, 0.05) is 13.6 Å². The van der Waals surface area contributed by atoms with Gasteiger partial charge in [0.1, 0.15) is 0 Å². The molecular weight excluding hydrogens is 166 g/mol. The van der Waals surface area contributed by atoms with E-state index in [9.17, 15) is 0 Å². The van der Waals surface area contributed by atoms with E-state index in [2.05, 4.69) is 17.2 Å². The lowest BCUT2D eigenvalue weighted by molar-refractivity contribution is 0.118. The molecule has 0 fully saturated rings. The summed E-state index contributed by atoms with van der Waals surface area (Å²) in [6.07, 6.45) is 3.61. The van der Waals surface area contributed by atoms with E-state index < -0.39 is 0 Å². The van der Waals surface area contributed by atoms with Gasteiger partial charge in [0.05, 0.1) is 31.4 Å². The van der Waals surface area contributed by atoms with Gasteiger partial charge in [0.15, 0.2) is 0 Å². The minimum atomic E-state index is 0.641. The number of hydrogen-bond donors (Lipinski definition) is 1. The van der Waals surface area contributed by atoms with Crippen LogP contribution in [0.5, 0.6) is 0 Å². The summed E-state index contributed by atoms with van der Waals surface area (Å²) in [5, 5.41) is 3.20. The molecule has 4 heteroatoms. The van der Waals surface area contributed by atoms with Crippen molar-refractivity contribution in [3.8, 4) is 0 Å². The Morgan fingerprint density at radius 3 is 3.08 bits per heavy atom. The van der Waals surface area contributed by atoms with E-state index >= 15 is 0 Å². The molecule has 13 heavy (non-hydrogen) atoms. The van der Waals surface area contributed by atoms with E-state index in [1.165, 1.54) is 0 Å². The van der Waals surface area contributed by atoms with Crippen LogP contribution >= 0.6 is 0 Å². The van der Waals surface area contributed by atoms with E-state index in [1.807, 2.05) is 17.8 Å². The van der Waals surface area contributed by atoms with E-state index in [-0.39, 0.29) is 0 Å². The third-order valence-corrected chi connectivity index (χ3v) is 1.84. The van der Waals surface area contributed by atoms with Crippen molar-refractivity contribution in [1.82, 2.24) is 14.9 Å². The van der Waals surface area contributed by atoms with Crippen molar-refractivity contribution >= 4 is 0 Å². The molecule has 0 bridgehead atoms. The maximum Gasteiger partial charge on any atom is 0.0946 e. The van der Waals surface area contributed by atoms with Crippen molar-refractivity contribution in [1.29, 1.82) is 0 Å². The first kappa shape index (κ1) is 10.2. The molecule has 0 radical (unpaired) electrons. The van der Waals surface area contributed by atoms with Crippen LogP contribution in [0.3, 0.4) is 0 Å². The normalized spacial score (nSPS) is 10.6. The molecule has 0 aliphatic carbocycles. The zero-order chi connectivity index (χ0) is 9.52. The van der Waals surface area contributed by atoms with Gasteiger partial charge in [-0.3, -0.25) is 0 Å². The highest BCUT2D eigenvalue weighted by atomic mass is 16.5. The van der Waals surface area contributed by atoms with Gasteiger partial charge in [0.2, 0.25) is 0 Å². The minimum absolute atomic E-state index is 0.641. The number of aromatic nitrogens is 2. The van der Waals surface area contributed by atoms with Gasteiger partial charge < -0.3 is 14.6 Å². The first-order valence-corrected chi connectivity index (χ1v) is 4.58. The SMILES string of the molecule is CCNCCOCc1cncn1C. The Morgan fingerprint density at radius 1 is 1.62 bits per heavy atom. The van der Waals surface area contributed by atoms with Gasteiger partial charge in [0.25, 0.3) is 0 Å². The second-order valence-corrected chi connectivity index (χ2v) is 2.90. The van der Waals surface area contributed by atoms with Crippen molar-refractivity contribution < 1.29 is 4.74 Å². The largest absolute Gasteiger partial charge is 0.374 e. The summed E-state index contributed by atoms with van der Waals surface area (Å²) >= 11 is 0.